The highest BCUT2D eigenvalue weighted by molar-refractivity contribution is 6.20. The minimum atomic E-state index is -0.355. The predicted octanol–water partition coefficient (Wildman–Crippen LogP) is 3.40. The van der Waals surface area contributed by atoms with Crippen LogP contribution in [0.4, 0.5) is 0 Å². The largest absolute Gasteiger partial charge is 0.493 e. The molecule has 0 aliphatic rings. The number of likely N-dealkylation sites (N-methyl/N-ethyl adjacent to an activating group) is 1. The number of aryl methyl sites for hydroxylation is 1. The Kier molecular flexibility index (Phi) is 6.18. The summed E-state index contributed by atoms with van der Waals surface area (Å²) in [5.74, 6) is 0.148. The van der Waals surface area contributed by atoms with Crippen LogP contribution in [-0.4, -0.2) is 37.4 Å². The average Bonchev–Trinajstić information content (AvgIpc) is 3.11. The first-order valence-electron chi connectivity index (χ1n) is 9.23. The minimum absolute atomic E-state index is 0.00364. The van der Waals surface area contributed by atoms with Crippen molar-refractivity contribution in [2.45, 2.75) is 6.92 Å². The maximum Gasteiger partial charge on any atom is 0.257 e. The lowest BCUT2D eigenvalue weighted by molar-refractivity contribution is -0.122. The smallest absolute Gasteiger partial charge is 0.257 e. The Morgan fingerprint density at radius 1 is 1.20 bits per heavy atom. The van der Waals surface area contributed by atoms with Crippen LogP contribution in [-0.2, 0) is 4.79 Å². The summed E-state index contributed by atoms with van der Waals surface area (Å²) in [7, 11) is 2.99. The van der Waals surface area contributed by atoms with E-state index < -0.39 is 0 Å². The van der Waals surface area contributed by atoms with Crippen LogP contribution in [0.25, 0.3) is 17.0 Å². The van der Waals surface area contributed by atoms with E-state index in [1.807, 2.05) is 37.3 Å². The van der Waals surface area contributed by atoms with Gasteiger partial charge in [-0.05, 0) is 36.8 Å². The van der Waals surface area contributed by atoms with E-state index >= 15 is 0 Å². The van der Waals surface area contributed by atoms with Gasteiger partial charge in [0.2, 0.25) is 5.78 Å². The molecule has 0 atom stereocenters. The Morgan fingerprint density at radius 3 is 2.67 bits per heavy atom. The first-order valence-corrected chi connectivity index (χ1v) is 9.23. The molecule has 3 aromatic rings. The molecule has 0 fully saturated rings. The van der Waals surface area contributed by atoms with Crippen molar-refractivity contribution >= 4 is 28.7 Å². The van der Waals surface area contributed by atoms with Crippen LogP contribution in [0.5, 0.6) is 11.5 Å². The number of hydrogen-bond donors (Lipinski definition) is 2. The van der Waals surface area contributed by atoms with Gasteiger partial charge in [-0.15, -0.1) is 0 Å². The molecule has 7 heteroatoms. The third-order valence-corrected chi connectivity index (χ3v) is 4.62. The van der Waals surface area contributed by atoms with Gasteiger partial charge in [0.25, 0.3) is 5.91 Å². The second-order valence-corrected chi connectivity index (χ2v) is 6.54. The number of nitrogens with zero attached hydrogens (tertiary/aromatic N) is 1. The number of nitrogens with one attached hydrogen (secondary N) is 2. The summed E-state index contributed by atoms with van der Waals surface area (Å²) in [5, 5.41) is 12.9. The Morgan fingerprint density at radius 2 is 1.97 bits per heavy atom. The van der Waals surface area contributed by atoms with Crippen LogP contribution in [0, 0.1) is 18.3 Å². The number of amides is 1. The topological polar surface area (TPSA) is 104 Å². The minimum Gasteiger partial charge on any atom is -0.493 e. The van der Waals surface area contributed by atoms with Crippen LogP contribution in [0.15, 0.2) is 48.0 Å². The standard InChI is InChI=1S/C23H21N3O4/c1-14-22(17-6-4-5-7-18(17)26-14)23(28)16(12-24)10-15-8-9-19(20(11-15)29-3)30-13-21(27)25-2/h4-11,26H,13H2,1-3H3,(H,25,27)/b16-10-. The van der Waals surface area contributed by atoms with Crippen molar-refractivity contribution in [3.8, 4) is 17.6 Å². The van der Waals surface area contributed by atoms with Gasteiger partial charge in [0, 0.05) is 23.6 Å². The number of Topliss-reactive ketones (excluding diaryl/α,β-unsaturated/α-hetero) is 1. The lowest BCUT2D eigenvalue weighted by Crippen LogP contribution is -2.24. The highest BCUT2D eigenvalue weighted by Gasteiger charge is 2.20. The maximum atomic E-state index is 13.1. The second kappa shape index (κ2) is 8.97. The molecule has 0 aliphatic carbocycles. The molecular formula is C23H21N3O4. The summed E-state index contributed by atoms with van der Waals surface area (Å²) in [6.45, 7) is 1.66. The molecule has 1 heterocycles. The van der Waals surface area contributed by atoms with E-state index in [0.717, 1.165) is 10.9 Å². The zero-order valence-corrected chi connectivity index (χ0v) is 16.9. The summed E-state index contributed by atoms with van der Waals surface area (Å²) >= 11 is 0. The van der Waals surface area contributed by atoms with Crippen molar-refractivity contribution in [1.82, 2.24) is 10.3 Å². The number of methoxy groups -OCH3 is 1. The molecule has 0 spiro atoms. The van der Waals surface area contributed by atoms with Crippen molar-refractivity contribution < 1.29 is 19.1 Å². The monoisotopic (exact) mass is 403 g/mol. The van der Waals surface area contributed by atoms with E-state index in [4.69, 9.17) is 9.47 Å². The summed E-state index contributed by atoms with van der Waals surface area (Å²) in [4.78, 5) is 27.7. The molecule has 2 aromatic carbocycles. The third kappa shape index (κ3) is 4.18. The molecular weight excluding hydrogens is 382 g/mol. The van der Waals surface area contributed by atoms with Crippen molar-refractivity contribution in [2.75, 3.05) is 20.8 Å². The molecule has 0 bridgehead atoms. The molecule has 0 saturated heterocycles. The first-order chi connectivity index (χ1) is 14.5. The number of carbonyl (C=O) groups excluding carboxylic acids is 2. The fraction of sp³-hybridized carbons (Fsp3) is 0.174. The number of carbonyl (C=O) groups is 2. The van der Waals surface area contributed by atoms with Gasteiger partial charge >= 0.3 is 0 Å². The molecule has 7 nitrogen and oxygen atoms in total. The number of benzene rings is 2. The van der Waals surface area contributed by atoms with E-state index in [0.29, 0.717) is 28.3 Å². The van der Waals surface area contributed by atoms with Crippen molar-refractivity contribution in [3.05, 3.63) is 64.9 Å². The SMILES string of the molecule is CNC(=O)COc1ccc(/C=C(/C#N)C(=O)c2c(C)[nH]c3ccccc23)cc1OC. The van der Waals surface area contributed by atoms with Gasteiger partial charge in [0.15, 0.2) is 18.1 Å². The molecule has 152 valence electrons. The maximum absolute atomic E-state index is 13.1. The van der Waals surface area contributed by atoms with E-state index in [1.54, 1.807) is 18.2 Å². The number of nitriles is 1. The fourth-order valence-electron chi connectivity index (χ4n) is 3.13. The number of aromatic nitrogens is 1. The summed E-state index contributed by atoms with van der Waals surface area (Å²) < 4.78 is 10.8. The summed E-state index contributed by atoms with van der Waals surface area (Å²) in [5.41, 5.74) is 2.63. The highest BCUT2D eigenvalue weighted by atomic mass is 16.5. The third-order valence-electron chi connectivity index (χ3n) is 4.62. The molecule has 2 N–H and O–H groups in total. The van der Waals surface area contributed by atoms with E-state index in [2.05, 4.69) is 10.3 Å². The molecule has 0 saturated carbocycles. The summed E-state index contributed by atoms with van der Waals surface area (Å²) in [6.07, 6.45) is 1.51. The van der Waals surface area contributed by atoms with Crippen LogP contribution in [0.3, 0.4) is 0 Å². The second-order valence-electron chi connectivity index (χ2n) is 6.54. The number of allylic oxidation sites excluding steroid dienone is 1. The first kappa shape index (κ1) is 20.7. The quantitative estimate of drug-likeness (QED) is 0.357. The van der Waals surface area contributed by atoms with Gasteiger partial charge in [0.05, 0.1) is 12.7 Å². The van der Waals surface area contributed by atoms with E-state index in [-0.39, 0.29) is 23.9 Å². The number of H-pyrrole nitrogens is 1. The molecule has 0 unspecified atom stereocenters. The Bertz CT molecular complexity index is 1180. The van der Waals surface area contributed by atoms with Crippen LogP contribution in [0.1, 0.15) is 21.6 Å². The van der Waals surface area contributed by atoms with E-state index in [1.165, 1.54) is 20.2 Å². The molecule has 0 aliphatic heterocycles. The van der Waals surface area contributed by atoms with Gasteiger partial charge in [-0.3, -0.25) is 9.59 Å². The van der Waals surface area contributed by atoms with Gasteiger partial charge in [0.1, 0.15) is 11.6 Å². The zero-order chi connectivity index (χ0) is 21.7. The number of hydrogen-bond acceptors (Lipinski definition) is 5. The number of para-hydroxylation sites is 1. The Balaban J connectivity index is 1.94. The molecule has 0 radical (unpaired) electrons. The highest BCUT2D eigenvalue weighted by Crippen LogP contribution is 2.30. The molecule has 3 rings (SSSR count). The predicted molar refractivity (Wildman–Crippen MR) is 114 cm³/mol. The van der Waals surface area contributed by atoms with Crippen molar-refractivity contribution in [3.63, 3.8) is 0 Å². The number of fused-ring (bicyclic) bond motifs is 1. The summed E-state index contributed by atoms with van der Waals surface area (Å²) in [6, 6.07) is 14.4. The fourth-order valence-corrected chi connectivity index (χ4v) is 3.13. The lowest BCUT2D eigenvalue weighted by Gasteiger charge is -2.11. The van der Waals surface area contributed by atoms with Crippen molar-refractivity contribution in [1.29, 1.82) is 5.26 Å². The Hall–Kier alpha value is -4.05. The van der Waals surface area contributed by atoms with Gasteiger partial charge in [-0.25, -0.2) is 0 Å². The average molecular weight is 403 g/mol. The van der Waals surface area contributed by atoms with Crippen LogP contribution >= 0.6 is 0 Å². The van der Waals surface area contributed by atoms with Crippen LogP contribution < -0.4 is 14.8 Å². The van der Waals surface area contributed by atoms with Crippen molar-refractivity contribution in [2.24, 2.45) is 0 Å². The number of rotatable bonds is 7. The molecule has 1 aromatic heterocycles. The van der Waals surface area contributed by atoms with Gasteiger partial charge in [-0.2, -0.15) is 5.26 Å². The molecule has 30 heavy (non-hydrogen) atoms. The number of ether oxygens (including phenoxy) is 2. The lowest BCUT2D eigenvalue weighted by atomic mass is 9.99. The zero-order valence-electron chi connectivity index (χ0n) is 16.9. The van der Waals surface area contributed by atoms with Gasteiger partial charge in [-0.1, -0.05) is 24.3 Å². The number of ketones is 1. The van der Waals surface area contributed by atoms with Crippen LogP contribution in [0.2, 0.25) is 0 Å². The Labute approximate surface area is 173 Å². The number of aromatic amines is 1. The molecule has 1 amide bonds. The van der Waals surface area contributed by atoms with E-state index in [9.17, 15) is 14.9 Å². The van der Waals surface area contributed by atoms with Gasteiger partial charge < -0.3 is 19.8 Å². The normalized spacial score (nSPS) is 11.1.